The molecule has 1 aromatic carbocycles. The Balaban J connectivity index is 1.62. The fourth-order valence-electron chi connectivity index (χ4n) is 4.37. The van der Waals surface area contributed by atoms with E-state index in [0.29, 0.717) is 41.2 Å². The summed E-state index contributed by atoms with van der Waals surface area (Å²) >= 11 is 0. The van der Waals surface area contributed by atoms with Crippen LogP contribution in [0.2, 0.25) is 0 Å². The molecule has 4 rings (SSSR count). The number of benzene rings is 1. The first-order valence-electron chi connectivity index (χ1n) is 11.2. The quantitative estimate of drug-likeness (QED) is 0.387. The van der Waals surface area contributed by atoms with Crippen LogP contribution in [-0.2, 0) is 23.9 Å². The van der Waals surface area contributed by atoms with Crippen molar-refractivity contribution in [1.29, 1.82) is 5.41 Å². The van der Waals surface area contributed by atoms with Crippen molar-refractivity contribution in [3.63, 3.8) is 0 Å². The van der Waals surface area contributed by atoms with Crippen molar-refractivity contribution in [1.82, 2.24) is 14.9 Å². The van der Waals surface area contributed by atoms with Crippen LogP contribution in [0.15, 0.2) is 48.8 Å². The summed E-state index contributed by atoms with van der Waals surface area (Å²) in [6, 6.07) is 11.0. The van der Waals surface area contributed by atoms with Gasteiger partial charge >= 0.3 is 6.18 Å². The van der Waals surface area contributed by atoms with Crippen LogP contribution in [0, 0.1) is 5.41 Å². The largest absolute Gasteiger partial charge is 0.406 e. The molecule has 1 unspecified atom stereocenters. The van der Waals surface area contributed by atoms with E-state index in [1.807, 2.05) is 18.2 Å². The molecule has 34 heavy (non-hydrogen) atoms. The predicted molar refractivity (Wildman–Crippen MR) is 130 cm³/mol. The molecule has 3 N–H and O–H groups in total. The first-order chi connectivity index (χ1) is 16.3. The van der Waals surface area contributed by atoms with E-state index < -0.39 is 29.4 Å². The maximum absolute atomic E-state index is 13.5. The Morgan fingerprint density at radius 3 is 2.62 bits per heavy atom. The minimum absolute atomic E-state index is 0.137. The number of hydrogen-bond donors (Lipinski definition) is 3. The van der Waals surface area contributed by atoms with Crippen molar-refractivity contribution in [3.8, 4) is 0 Å². The second-order valence-electron chi connectivity index (χ2n) is 8.54. The van der Waals surface area contributed by atoms with E-state index in [1.165, 1.54) is 10.8 Å². The van der Waals surface area contributed by atoms with Crippen molar-refractivity contribution in [2.24, 2.45) is 0 Å². The lowest BCUT2D eigenvalue weighted by atomic mass is 10.1. The van der Waals surface area contributed by atoms with Crippen LogP contribution in [0.3, 0.4) is 0 Å². The van der Waals surface area contributed by atoms with Gasteiger partial charge in [0.2, 0.25) is 0 Å². The molecule has 1 fully saturated rings. The predicted octanol–water partition coefficient (Wildman–Crippen LogP) is 4.44. The van der Waals surface area contributed by atoms with E-state index in [0.717, 1.165) is 24.1 Å². The molecule has 6 nitrogen and oxygen atoms in total. The molecule has 3 heterocycles. The maximum atomic E-state index is 13.5. The van der Waals surface area contributed by atoms with Crippen LogP contribution < -0.4 is 10.6 Å². The number of hydrogen-bond acceptors (Lipinski definition) is 5. The third kappa shape index (κ3) is 6.04. The van der Waals surface area contributed by atoms with Crippen molar-refractivity contribution in [2.45, 2.75) is 44.1 Å². The molecule has 0 radical (unpaired) electrons. The minimum Gasteiger partial charge on any atom is -0.382 e. The Morgan fingerprint density at radius 2 is 1.94 bits per heavy atom. The Hall–Kier alpha value is -2.72. The molecule has 1 atom stereocenters. The van der Waals surface area contributed by atoms with Gasteiger partial charge in [-0.3, -0.25) is 9.19 Å². The average Bonchev–Trinajstić information content (AvgIpc) is 3.16. The van der Waals surface area contributed by atoms with Gasteiger partial charge in [-0.1, -0.05) is 6.07 Å². The molecule has 0 spiro atoms. The van der Waals surface area contributed by atoms with E-state index in [9.17, 15) is 17.4 Å². The number of fused-ring (bicyclic) bond motifs is 1. The number of anilines is 1. The van der Waals surface area contributed by atoms with Crippen LogP contribution in [0.1, 0.15) is 30.0 Å². The summed E-state index contributed by atoms with van der Waals surface area (Å²) in [6.45, 7) is -0.258. The number of aromatic nitrogens is 2. The standard InChI is InChI=1S/C24H28F3N5OS/c25-24(26,27)16-32-22-3-1-2-21(31-19-6-10-34(33)11-7-19)20(22)12-23(32)18(13-28)15-30-14-17-4-8-29-9-5-17/h1-5,8-9,12-13,18-19,28,30-31H,6-7,10-11,14-16H2. The van der Waals surface area contributed by atoms with Crippen LogP contribution in [-0.4, -0.2) is 50.2 Å². The smallest absolute Gasteiger partial charge is 0.382 e. The molecular formula is C24H28F3N5OS. The summed E-state index contributed by atoms with van der Waals surface area (Å²) in [7, 11) is -0.786. The van der Waals surface area contributed by atoms with Crippen molar-refractivity contribution in [2.75, 3.05) is 23.4 Å². The summed E-state index contributed by atoms with van der Waals surface area (Å²) < 4.78 is 53.6. The lowest BCUT2D eigenvalue weighted by Gasteiger charge is -2.24. The van der Waals surface area contributed by atoms with Gasteiger partial charge in [0.15, 0.2) is 0 Å². The fourth-order valence-corrected chi connectivity index (χ4v) is 5.67. The van der Waals surface area contributed by atoms with Gasteiger partial charge in [0.05, 0.1) is 5.52 Å². The van der Waals surface area contributed by atoms with Crippen LogP contribution in [0.4, 0.5) is 18.9 Å². The number of rotatable bonds is 9. The third-order valence-corrected chi connectivity index (χ3v) is 7.47. The van der Waals surface area contributed by atoms with Gasteiger partial charge in [-0.05, 0) is 48.7 Å². The molecule has 0 amide bonds. The van der Waals surface area contributed by atoms with Gasteiger partial charge in [0, 0.05) is 82.7 Å². The Bertz CT molecular complexity index is 1140. The summed E-state index contributed by atoms with van der Waals surface area (Å²) in [5.41, 5.74) is 2.71. The third-order valence-electron chi connectivity index (χ3n) is 6.09. The first-order valence-corrected chi connectivity index (χ1v) is 12.7. The Morgan fingerprint density at radius 1 is 1.21 bits per heavy atom. The second-order valence-corrected chi connectivity index (χ2v) is 10.2. The molecule has 1 saturated heterocycles. The Labute approximate surface area is 198 Å². The van der Waals surface area contributed by atoms with E-state index in [-0.39, 0.29) is 6.04 Å². The number of alkyl halides is 3. The highest BCUT2D eigenvalue weighted by atomic mass is 32.2. The number of pyridine rings is 1. The molecule has 0 bridgehead atoms. The SMILES string of the molecule is N=CC(CNCc1ccncc1)c1cc2c(NC3CCS(=O)CC3)cccc2n1CC(F)(F)F. The number of nitrogens with zero attached hydrogens (tertiary/aromatic N) is 2. The lowest BCUT2D eigenvalue weighted by Crippen LogP contribution is -2.29. The summed E-state index contributed by atoms with van der Waals surface area (Å²) in [5.74, 6) is 0.738. The molecule has 10 heteroatoms. The molecule has 182 valence electrons. The minimum atomic E-state index is -4.39. The molecule has 0 aliphatic carbocycles. The van der Waals surface area contributed by atoms with Gasteiger partial charge < -0.3 is 20.6 Å². The molecule has 0 saturated carbocycles. The summed E-state index contributed by atoms with van der Waals surface area (Å²) in [5, 5.41) is 15.4. The highest BCUT2D eigenvalue weighted by molar-refractivity contribution is 7.85. The van der Waals surface area contributed by atoms with E-state index >= 15 is 0 Å². The molecule has 2 aromatic heterocycles. The molecule has 1 aliphatic rings. The van der Waals surface area contributed by atoms with Crippen LogP contribution >= 0.6 is 0 Å². The van der Waals surface area contributed by atoms with Gasteiger partial charge in [-0.15, -0.1) is 0 Å². The van der Waals surface area contributed by atoms with Crippen LogP contribution in [0.5, 0.6) is 0 Å². The van der Waals surface area contributed by atoms with Crippen molar-refractivity contribution in [3.05, 3.63) is 60.0 Å². The zero-order valence-corrected chi connectivity index (χ0v) is 19.5. The van der Waals surface area contributed by atoms with E-state index in [2.05, 4.69) is 15.6 Å². The molecule has 1 aliphatic heterocycles. The normalized spacial score (nSPS) is 19.7. The lowest BCUT2D eigenvalue weighted by molar-refractivity contribution is -0.140. The summed E-state index contributed by atoms with van der Waals surface area (Å²) in [4.78, 5) is 3.98. The second kappa shape index (κ2) is 10.7. The monoisotopic (exact) mass is 491 g/mol. The highest BCUT2D eigenvalue weighted by Crippen LogP contribution is 2.33. The topological polar surface area (TPSA) is 82.8 Å². The highest BCUT2D eigenvalue weighted by Gasteiger charge is 2.31. The molecular weight excluding hydrogens is 463 g/mol. The van der Waals surface area contributed by atoms with Crippen molar-refractivity contribution < 1.29 is 17.4 Å². The zero-order valence-electron chi connectivity index (χ0n) is 18.6. The van der Waals surface area contributed by atoms with Gasteiger partial charge in [0.25, 0.3) is 0 Å². The molecule has 3 aromatic rings. The van der Waals surface area contributed by atoms with E-state index in [4.69, 9.17) is 5.41 Å². The van der Waals surface area contributed by atoms with Gasteiger partial charge in [-0.2, -0.15) is 13.2 Å². The maximum Gasteiger partial charge on any atom is 0.406 e. The van der Waals surface area contributed by atoms with E-state index in [1.54, 1.807) is 30.6 Å². The van der Waals surface area contributed by atoms with Crippen LogP contribution in [0.25, 0.3) is 10.9 Å². The number of halogens is 3. The fraction of sp³-hybridized carbons (Fsp3) is 0.417. The van der Waals surface area contributed by atoms with Crippen molar-refractivity contribution >= 4 is 33.6 Å². The Kier molecular flexibility index (Phi) is 7.67. The van der Waals surface area contributed by atoms with Gasteiger partial charge in [-0.25, -0.2) is 0 Å². The summed E-state index contributed by atoms with van der Waals surface area (Å²) in [6.07, 6.45) is 1.71. The van der Waals surface area contributed by atoms with Gasteiger partial charge in [0.1, 0.15) is 6.54 Å². The number of nitrogens with one attached hydrogen (secondary N) is 3. The first kappa shape index (κ1) is 24.4. The zero-order chi connectivity index (χ0) is 24.1. The average molecular weight is 492 g/mol.